The van der Waals surface area contributed by atoms with Crippen molar-refractivity contribution < 1.29 is 4.39 Å². The molecule has 0 aliphatic rings. The van der Waals surface area contributed by atoms with Crippen LogP contribution in [0.5, 0.6) is 0 Å². The van der Waals surface area contributed by atoms with Gasteiger partial charge >= 0.3 is 0 Å². The maximum Gasteiger partial charge on any atom is 0.190 e. The summed E-state index contributed by atoms with van der Waals surface area (Å²) in [5.41, 5.74) is 7.26. The molecule has 18 heavy (non-hydrogen) atoms. The van der Waals surface area contributed by atoms with Crippen LogP contribution in [0.4, 0.5) is 4.39 Å². The molecule has 1 aromatic carbocycles. The SMILES string of the molecule is Cc1cc(Sc2ncnn2C)c([C@H](C)N)cc1F. The quantitative estimate of drug-likeness (QED) is 0.927. The molecule has 0 radical (unpaired) electrons. The minimum absolute atomic E-state index is 0.226. The Morgan fingerprint density at radius 2 is 2.17 bits per heavy atom. The molecule has 1 aromatic heterocycles. The Morgan fingerprint density at radius 1 is 1.44 bits per heavy atom. The summed E-state index contributed by atoms with van der Waals surface area (Å²) in [5.74, 6) is -0.232. The number of hydrogen-bond acceptors (Lipinski definition) is 4. The van der Waals surface area contributed by atoms with Crippen molar-refractivity contribution in [1.82, 2.24) is 14.8 Å². The summed E-state index contributed by atoms with van der Waals surface area (Å²) in [6, 6.07) is 3.07. The van der Waals surface area contributed by atoms with Gasteiger partial charge in [-0.15, -0.1) is 0 Å². The number of halogens is 1. The van der Waals surface area contributed by atoms with Crippen LogP contribution in [0.2, 0.25) is 0 Å². The molecule has 2 rings (SSSR count). The Labute approximate surface area is 109 Å². The molecule has 1 heterocycles. The average molecular weight is 266 g/mol. The molecule has 0 aliphatic heterocycles. The van der Waals surface area contributed by atoms with Crippen LogP contribution < -0.4 is 5.73 Å². The highest BCUT2D eigenvalue weighted by Gasteiger charge is 2.14. The van der Waals surface area contributed by atoms with E-state index in [1.807, 2.05) is 14.0 Å². The number of nitrogens with zero attached hydrogens (tertiary/aromatic N) is 3. The van der Waals surface area contributed by atoms with E-state index in [9.17, 15) is 4.39 Å². The molecule has 4 nitrogen and oxygen atoms in total. The smallest absolute Gasteiger partial charge is 0.190 e. The van der Waals surface area contributed by atoms with Gasteiger partial charge in [-0.3, -0.25) is 0 Å². The van der Waals surface area contributed by atoms with Crippen molar-refractivity contribution in [3.8, 4) is 0 Å². The van der Waals surface area contributed by atoms with Crippen molar-refractivity contribution in [3.63, 3.8) is 0 Å². The van der Waals surface area contributed by atoms with Gasteiger partial charge in [0, 0.05) is 18.0 Å². The number of nitrogens with two attached hydrogens (primary N) is 1. The van der Waals surface area contributed by atoms with Crippen LogP contribution in [0.25, 0.3) is 0 Å². The maximum atomic E-state index is 13.6. The summed E-state index contributed by atoms with van der Waals surface area (Å²) >= 11 is 1.44. The Kier molecular flexibility index (Phi) is 3.68. The Hall–Kier alpha value is -1.40. The summed E-state index contributed by atoms with van der Waals surface area (Å²) in [5, 5.41) is 4.76. The largest absolute Gasteiger partial charge is 0.324 e. The first kappa shape index (κ1) is 13.0. The number of hydrogen-bond donors (Lipinski definition) is 1. The van der Waals surface area contributed by atoms with E-state index in [1.165, 1.54) is 24.2 Å². The highest BCUT2D eigenvalue weighted by Crippen LogP contribution is 2.33. The van der Waals surface area contributed by atoms with Gasteiger partial charge in [0.1, 0.15) is 12.1 Å². The summed E-state index contributed by atoms with van der Waals surface area (Å²) in [6.45, 7) is 3.58. The molecular formula is C12H15FN4S. The molecule has 0 unspecified atom stereocenters. The monoisotopic (exact) mass is 266 g/mol. The maximum absolute atomic E-state index is 13.6. The lowest BCUT2D eigenvalue weighted by Gasteiger charge is -2.13. The molecule has 0 saturated carbocycles. The van der Waals surface area contributed by atoms with E-state index < -0.39 is 0 Å². The zero-order chi connectivity index (χ0) is 13.3. The van der Waals surface area contributed by atoms with E-state index in [1.54, 1.807) is 17.7 Å². The predicted molar refractivity (Wildman–Crippen MR) is 68.9 cm³/mol. The van der Waals surface area contributed by atoms with Crippen LogP contribution in [-0.4, -0.2) is 14.8 Å². The Balaban J connectivity index is 2.43. The second-order valence-corrected chi connectivity index (χ2v) is 5.21. The van der Waals surface area contributed by atoms with Gasteiger partial charge in [-0.25, -0.2) is 14.1 Å². The van der Waals surface area contributed by atoms with Gasteiger partial charge < -0.3 is 5.73 Å². The highest BCUT2D eigenvalue weighted by atomic mass is 32.2. The van der Waals surface area contributed by atoms with E-state index in [2.05, 4.69) is 10.1 Å². The van der Waals surface area contributed by atoms with Crippen LogP contribution in [-0.2, 0) is 7.05 Å². The fraction of sp³-hybridized carbons (Fsp3) is 0.333. The first-order valence-electron chi connectivity index (χ1n) is 5.56. The number of benzene rings is 1. The summed E-state index contributed by atoms with van der Waals surface area (Å²) in [4.78, 5) is 5.06. The molecule has 0 saturated heterocycles. The van der Waals surface area contributed by atoms with E-state index >= 15 is 0 Å². The third kappa shape index (κ3) is 2.54. The van der Waals surface area contributed by atoms with Gasteiger partial charge in [0.15, 0.2) is 5.16 Å². The molecule has 0 aliphatic carbocycles. The number of aryl methyl sites for hydroxylation is 2. The van der Waals surface area contributed by atoms with Crippen molar-refractivity contribution in [2.24, 2.45) is 12.8 Å². The minimum atomic E-state index is -0.232. The van der Waals surface area contributed by atoms with Gasteiger partial charge in [-0.05, 0) is 48.9 Å². The van der Waals surface area contributed by atoms with Gasteiger partial charge in [-0.1, -0.05) is 0 Å². The minimum Gasteiger partial charge on any atom is -0.324 e. The Bertz CT molecular complexity index is 565. The fourth-order valence-corrected chi connectivity index (χ4v) is 2.67. The lowest BCUT2D eigenvalue weighted by atomic mass is 10.1. The summed E-state index contributed by atoms with van der Waals surface area (Å²) in [7, 11) is 1.82. The predicted octanol–water partition coefficient (Wildman–Crippen LogP) is 2.43. The van der Waals surface area contributed by atoms with Crippen LogP contribution in [0, 0.1) is 12.7 Å². The van der Waals surface area contributed by atoms with Crippen molar-refractivity contribution in [1.29, 1.82) is 0 Å². The number of aromatic nitrogens is 3. The lowest BCUT2D eigenvalue weighted by molar-refractivity contribution is 0.609. The van der Waals surface area contributed by atoms with Crippen LogP contribution in [0.3, 0.4) is 0 Å². The third-order valence-electron chi connectivity index (χ3n) is 2.65. The van der Waals surface area contributed by atoms with Crippen molar-refractivity contribution in [2.45, 2.75) is 29.9 Å². The second-order valence-electron chi connectivity index (χ2n) is 4.20. The first-order valence-corrected chi connectivity index (χ1v) is 6.38. The number of rotatable bonds is 3. The lowest BCUT2D eigenvalue weighted by Crippen LogP contribution is -2.08. The zero-order valence-electron chi connectivity index (χ0n) is 10.5. The van der Waals surface area contributed by atoms with Gasteiger partial charge in [0.2, 0.25) is 0 Å². The van der Waals surface area contributed by atoms with E-state index in [0.29, 0.717) is 5.56 Å². The van der Waals surface area contributed by atoms with Crippen molar-refractivity contribution >= 4 is 11.8 Å². The van der Waals surface area contributed by atoms with Crippen molar-refractivity contribution in [3.05, 3.63) is 35.4 Å². The second kappa shape index (κ2) is 5.07. The molecule has 96 valence electrons. The zero-order valence-corrected chi connectivity index (χ0v) is 11.3. The van der Waals surface area contributed by atoms with Crippen molar-refractivity contribution in [2.75, 3.05) is 0 Å². The van der Waals surface area contributed by atoms with E-state index in [4.69, 9.17) is 5.73 Å². The molecule has 6 heteroatoms. The molecule has 1 atom stereocenters. The topological polar surface area (TPSA) is 56.7 Å². The molecule has 0 amide bonds. The molecule has 2 N–H and O–H groups in total. The average Bonchev–Trinajstić information content (AvgIpc) is 2.69. The highest BCUT2D eigenvalue weighted by molar-refractivity contribution is 7.99. The molecule has 0 fully saturated rings. The van der Waals surface area contributed by atoms with Crippen LogP contribution in [0.15, 0.2) is 28.5 Å². The van der Waals surface area contributed by atoms with Gasteiger partial charge in [0.25, 0.3) is 0 Å². The van der Waals surface area contributed by atoms with E-state index in [-0.39, 0.29) is 11.9 Å². The molecular weight excluding hydrogens is 251 g/mol. The molecule has 0 bridgehead atoms. The third-order valence-corrected chi connectivity index (χ3v) is 3.78. The van der Waals surface area contributed by atoms with Gasteiger partial charge in [-0.2, -0.15) is 5.10 Å². The Morgan fingerprint density at radius 3 is 2.72 bits per heavy atom. The summed E-state index contributed by atoms with van der Waals surface area (Å²) < 4.78 is 15.3. The van der Waals surface area contributed by atoms with Crippen LogP contribution >= 0.6 is 11.8 Å². The normalized spacial score (nSPS) is 12.7. The van der Waals surface area contributed by atoms with Gasteiger partial charge in [0.05, 0.1) is 0 Å². The first-order chi connectivity index (χ1) is 8.49. The standard InChI is InChI=1S/C12H15FN4S/c1-7-4-11(9(8(2)14)5-10(7)13)18-12-15-6-16-17(12)3/h4-6,8H,14H2,1-3H3/t8-/m0/s1. The van der Waals surface area contributed by atoms with Crippen LogP contribution in [0.1, 0.15) is 24.1 Å². The fourth-order valence-electron chi connectivity index (χ4n) is 1.59. The molecule has 2 aromatic rings. The van der Waals surface area contributed by atoms with E-state index in [0.717, 1.165) is 15.6 Å². The summed E-state index contributed by atoms with van der Waals surface area (Å²) in [6.07, 6.45) is 1.49. The molecule has 0 spiro atoms.